The van der Waals surface area contributed by atoms with Gasteiger partial charge in [0.2, 0.25) is 0 Å². The zero-order valence-electron chi connectivity index (χ0n) is 20.4. The summed E-state index contributed by atoms with van der Waals surface area (Å²) in [6, 6.07) is 18.6. The molecule has 0 aliphatic carbocycles. The summed E-state index contributed by atoms with van der Waals surface area (Å²) < 4.78 is 39.6. The molecule has 1 aromatic heterocycles. The van der Waals surface area contributed by atoms with Gasteiger partial charge in [0.15, 0.2) is 0 Å². The second kappa shape index (κ2) is 10.0. The number of nitrogens with zero attached hydrogens (tertiary/aromatic N) is 1. The average molecular weight is 513 g/mol. The molecule has 1 heterocycles. The van der Waals surface area contributed by atoms with Crippen LogP contribution in [0.15, 0.2) is 72.9 Å². The standard InChI is InChI=1S/C29H28ClF3N2O/c1-28(2,3)22-9-7-20(8-10-22)18-35(14-12-19-5-4-6-23(15-19)29(31,32)33)27(36)25-17-24(30)16-21-11-13-34-26(21)25/h4-11,13,15-17,34H,12,14,18H2,1-3H3. The van der Waals surface area contributed by atoms with Gasteiger partial charge in [-0.15, -0.1) is 0 Å². The normalized spacial score (nSPS) is 12.2. The van der Waals surface area contributed by atoms with E-state index in [-0.39, 0.29) is 24.3 Å². The van der Waals surface area contributed by atoms with Crippen LogP contribution in [0.25, 0.3) is 10.9 Å². The molecule has 0 radical (unpaired) electrons. The van der Waals surface area contributed by atoms with Gasteiger partial charge in [0.05, 0.1) is 16.6 Å². The number of aromatic nitrogens is 1. The van der Waals surface area contributed by atoms with Gasteiger partial charge in [-0.05, 0) is 52.8 Å². The van der Waals surface area contributed by atoms with Crippen LogP contribution in [0, 0.1) is 0 Å². The largest absolute Gasteiger partial charge is 0.416 e. The van der Waals surface area contributed by atoms with Crippen LogP contribution in [-0.2, 0) is 24.6 Å². The van der Waals surface area contributed by atoms with Crippen LogP contribution in [0.4, 0.5) is 13.2 Å². The summed E-state index contributed by atoms with van der Waals surface area (Å²) in [5.41, 5.74) is 3.04. The first-order valence-electron chi connectivity index (χ1n) is 11.7. The van der Waals surface area contributed by atoms with E-state index in [1.807, 2.05) is 30.3 Å². The number of halogens is 4. The maximum atomic E-state index is 13.8. The third-order valence-corrected chi connectivity index (χ3v) is 6.48. The van der Waals surface area contributed by atoms with Crippen molar-refractivity contribution in [2.24, 2.45) is 0 Å². The molecule has 0 fully saturated rings. The minimum absolute atomic E-state index is 0.00243. The van der Waals surface area contributed by atoms with Gasteiger partial charge in [0, 0.05) is 29.7 Å². The topological polar surface area (TPSA) is 36.1 Å². The monoisotopic (exact) mass is 512 g/mol. The Morgan fingerprint density at radius 2 is 1.64 bits per heavy atom. The van der Waals surface area contributed by atoms with Gasteiger partial charge in [-0.3, -0.25) is 4.79 Å². The van der Waals surface area contributed by atoms with E-state index in [9.17, 15) is 18.0 Å². The molecule has 0 saturated carbocycles. The smallest absolute Gasteiger partial charge is 0.361 e. The van der Waals surface area contributed by atoms with Gasteiger partial charge in [0.25, 0.3) is 5.91 Å². The van der Waals surface area contributed by atoms with Gasteiger partial charge in [0.1, 0.15) is 0 Å². The summed E-state index contributed by atoms with van der Waals surface area (Å²) in [4.78, 5) is 18.5. The Balaban J connectivity index is 1.64. The number of H-pyrrole nitrogens is 1. The zero-order valence-corrected chi connectivity index (χ0v) is 21.2. The third-order valence-electron chi connectivity index (χ3n) is 6.26. The molecule has 3 nitrogen and oxygen atoms in total. The zero-order chi connectivity index (χ0) is 26.1. The summed E-state index contributed by atoms with van der Waals surface area (Å²) in [7, 11) is 0. The van der Waals surface area contributed by atoms with E-state index < -0.39 is 11.7 Å². The number of fused-ring (bicyclic) bond motifs is 1. The quantitative estimate of drug-likeness (QED) is 0.279. The maximum absolute atomic E-state index is 13.8. The van der Waals surface area contributed by atoms with E-state index in [2.05, 4.69) is 25.8 Å². The number of alkyl halides is 3. The molecular formula is C29H28ClF3N2O. The maximum Gasteiger partial charge on any atom is 0.416 e. The second-order valence-corrected chi connectivity index (χ2v) is 10.5. The fourth-order valence-electron chi connectivity index (χ4n) is 4.22. The Bertz CT molecular complexity index is 1370. The molecule has 7 heteroatoms. The Kier molecular flexibility index (Phi) is 7.19. The number of nitrogens with one attached hydrogen (secondary N) is 1. The van der Waals surface area contributed by atoms with Gasteiger partial charge in [-0.2, -0.15) is 13.2 Å². The van der Waals surface area contributed by atoms with E-state index in [1.165, 1.54) is 11.6 Å². The lowest BCUT2D eigenvalue weighted by Gasteiger charge is -2.25. The van der Waals surface area contributed by atoms with E-state index in [1.54, 1.807) is 29.3 Å². The molecule has 0 spiro atoms. The summed E-state index contributed by atoms with van der Waals surface area (Å²) in [6.45, 7) is 6.96. The number of hydrogen-bond donors (Lipinski definition) is 1. The van der Waals surface area contributed by atoms with Crippen molar-refractivity contribution in [2.75, 3.05) is 6.54 Å². The molecule has 1 N–H and O–H groups in total. The SMILES string of the molecule is CC(C)(C)c1ccc(CN(CCc2cccc(C(F)(F)F)c2)C(=O)c2cc(Cl)cc3cc[nH]c23)cc1. The number of carbonyl (C=O) groups is 1. The van der Waals surface area contributed by atoms with Crippen LogP contribution in [0.2, 0.25) is 5.02 Å². The molecule has 0 saturated heterocycles. The van der Waals surface area contributed by atoms with Crippen molar-refractivity contribution in [1.29, 1.82) is 0 Å². The highest BCUT2D eigenvalue weighted by molar-refractivity contribution is 6.32. The number of rotatable bonds is 6. The van der Waals surface area contributed by atoms with Crippen molar-refractivity contribution in [3.63, 3.8) is 0 Å². The van der Waals surface area contributed by atoms with Gasteiger partial charge < -0.3 is 9.88 Å². The lowest BCUT2D eigenvalue weighted by molar-refractivity contribution is -0.137. The van der Waals surface area contributed by atoms with Gasteiger partial charge >= 0.3 is 6.18 Å². The summed E-state index contributed by atoms with van der Waals surface area (Å²) in [5.74, 6) is -0.239. The Hall–Kier alpha value is -3.25. The summed E-state index contributed by atoms with van der Waals surface area (Å²) in [6.07, 6.45) is -2.39. The molecular weight excluding hydrogens is 485 g/mol. The average Bonchev–Trinajstić information content (AvgIpc) is 3.28. The number of benzene rings is 3. The molecule has 36 heavy (non-hydrogen) atoms. The lowest BCUT2D eigenvalue weighted by Crippen LogP contribution is -2.32. The van der Waals surface area contributed by atoms with E-state index in [4.69, 9.17) is 11.6 Å². The van der Waals surface area contributed by atoms with Crippen LogP contribution in [0.1, 0.15) is 53.4 Å². The van der Waals surface area contributed by atoms with Gasteiger partial charge in [-0.25, -0.2) is 0 Å². The summed E-state index contributed by atoms with van der Waals surface area (Å²) in [5, 5.41) is 1.26. The highest BCUT2D eigenvalue weighted by Crippen LogP contribution is 2.30. The van der Waals surface area contributed by atoms with Crippen molar-refractivity contribution in [3.05, 3.63) is 106 Å². The predicted molar refractivity (Wildman–Crippen MR) is 138 cm³/mol. The predicted octanol–water partition coefficient (Wildman–Crippen LogP) is 8.02. The van der Waals surface area contributed by atoms with E-state index in [0.29, 0.717) is 28.2 Å². The third kappa shape index (κ3) is 5.93. The van der Waals surface area contributed by atoms with Gasteiger partial charge in [-0.1, -0.05) is 74.8 Å². The van der Waals surface area contributed by atoms with Crippen LogP contribution in [-0.4, -0.2) is 22.3 Å². The van der Waals surface area contributed by atoms with E-state index >= 15 is 0 Å². The molecule has 1 amide bonds. The molecule has 0 aliphatic heterocycles. The Morgan fingerprint density at radius 1 is 0.917 bits per heavy atom. The first kappa shape index (κ1) is 25.8. The van der Waals surface area contributed by atoms with Crippen LogP contribution in [0.3, 0.4) is 0 Å². The fourth-order valence-corrected chi connectivity index (χ4v) is 4.45. The van der Waals surface area contributed by atoms with Crippen LogP contribution >= 0.6 is 11.6 Å². The molecule has 0 atom stereocenters. The fraction of sp³-hybridized carbons (Fsp3) is 0.276. The second-order valence-electron chi connectivity index (χ2n) is 10.0. The van der Waals surface area contributed by atoms with Crippen molar-refractivity contribution in [2.45, 2.75) is 45.3 Å². The highest BCUT2D eigenvalue weighted by atomic mass is 35.5. The molecule has 188 valence electrons. The lowest BCUT2D eigenvalue weighted by atomic mass is 9.87. The minimum atomic E-state index is -4.42. The van der Waals surface area contributed by atoms with E-state index in [0.717, 1.165) is 23.1 Å². The van der Waals surface area contributed by atoms with Crippen molar-refractivity contribution >= 4 is 28.4 Å². The number of carbonyl (C=O) groups excluding carboxylic acids is 1. The first-order valence-corrected chi connectivity index (χ1v) is 12.1. The van der Waals surface area contributed by atoms with Crippen molar-refractivity contribution < 1.29 is 18.0 Å². The van der Waals surface area contributed by atoms with Crippen LogP contribution in [0.5, 0.6) is 0 Å². The molecule has 4 rings (SSSR count). The van der Waals surface area contributed by atoms with Crippen molar-refractivity contribution in [3.8, 4) is 0 Å². The molecule has 3 aromatic carbocycles. The molecule has 4 aromatic rings. The minimum Gasteiger partial charge on any atom is -0.361 e. The first-order chi connectivity index (χ1) is 16.9. The molecule has 0 bridgehead atoms. The Morgan fingerprint density at radius 3 is 2.31 bits per heavy atom. The van der Waals surface area contributed by atoms with Crippen molar-refractivity contribution in [1.82, 2.24) is 9.88 Å². The molecule has 0 unspecified atom stereocenters. The number of hydrogen-bond acceptors (Lipinski definition) is 1. The number of aromatic amines is 1. The highest BCUT2D eigenvalue weighted by Gasteiger charge is 2.30. The summed E-state index contributed by atoms with van der Waals surface area (Å²) >= 11 is 6.29. The van der Waals surface area contributed by atoms with Crippen LogP contribution < -0.4 is 0 Å². The Labute approximate surface area is 213 Å². The molecule has 0 aliphatic rings. The number of amides is 1.